The molecule has 1 fully saturated rings. The number of amides is 1. The molecule has 1 saturated heterocycles. The second kappa shape index (κ2) is 10.7. The minimum absolute atomic E-state index is 0.00268. The van der Waals surface area contributed by atoms with Crippen LogP contribution in [-0.2, 0) is 14.3 Å². The van der Waals surface area contributed by atoms with Crippen LogP contribution in [0.4, 0.5) is 14.9 Å². The maximum Gasteiger partial charge on any atom is 0.411 e. The lowest BCUT2D eigenvalue weighted by atomic mass is 9.69. The lowest BCUT2D eigenvalue weighted by molar-refractivity contribution is -0.156. The van der Waals surface area contributed by atoms with Crippen molar-refractivity contribution < 1.29 is 28.6 Å². The van der Waals surface area contributed by atoms with Crippen LogP contribution in [0.2, 0.25) is 0 Å². The Labute approximate surface area is 210 Å². The van der Waals surface area contributed by atoms with Gasteiger partial charge in [-0.15, -0.1) is 0 Å². The van der Waals surface area contributed by atoms with Crippen LogP contribution < -0.4 is 5.32 Å². The van der Waals surface area contributed by atoms with Gasteiger partial charge in [-0.25, -0.2) is 9.18 Å². The molecule has 190 valence electrons. The summed E-state index contributed by atoms with van der Waals surface area (Å²) in [4.78, 5) is 24.4. The summed E-state index contributed by atoms with van der Waals surface area (Å²) >= 11 is 0. The number of carbonyl (C=O) groups excluding carboxylic acids is 2. The summed E-state index contributed by atoms with van der Waals surface area (Å²) < 4.78 is 25.3. The van der Waals surface area contributed by atoms with Gasteiger partial charge >= 0.3 is 12.1 Å². The molecule has 7 heteroatoms. The zero-order valence-corrected chi connectivity index (χ0v) is 20.8. The van der Waals surface area contributed by atoms with Crippen molar-refractivity contribution in [2.24, 2.45) is 5.41 Å². The molecule has 0 bridgehead atoms. The van der Waals surface area contributed by atoms with Gasteiger partial charge < -0.3 is 14.6 Å². The molecule has 1 aliphatic heterocycles. The van der Waals surface area contributed by atoms with E-state index < -0.39 is 35.8 Å². The minimum atomic E-state index is -0.727. The van der Waals surface area contributed by atoms with Crippen LogP contribution in [-0.4, -0.2) is 35.5 Å². The molecule has 1 amide bonds. The van der Waals surface area contributed by atoms with Crippen LogP contribution in [0.5, 0.6) is 0 Å². The zero-order valence-electron chi connectivity index (χ0n) is 20.8. The summed E-state index contributed by atoms with van der Waals surface area (Å²) in [6, 6.07) is 14.1. The van der Waals surface area contributed by atoms with Crippen LogP contribution >= 0.6 is 0 Å². The van der Waals surface area contributed by atoms with Gasteiger partial charge in [0.25, 0.3) is 0 Å². The number of aliphatic hydroxyl groups excluding tert-OH is 1. The number of aliphatic hydroxyl groups is 1. The SMILES string of the molecule is Cc1cc(C2=C(/C=C/[C@@H]3C[C@@H](O)CC(=O)O3)C(C)(C)CC(OC(=O)Nc3ccccc3)C2)ccc1F. The summed E-state index contributed by atoms with van der Waals surface area (Å²) in [5, 5.41) is 12.7. The topological polar surface area (TPSA) is 84.9 Å². The van der Waals surface area contributed by atoms with Gasteiger partial charge in [0, 0.05) is 18.5 Å². The maximum atomic E-state index is 14.1. The molecule has 6 nitrogen and oxygen atoms in total. The average molecular weight is 494 g/mol. The number of cyclic esters (lactones) is 1. The second-order valence-electron chi connectivity index (χ2n) is 10.1. The van der Waals surface area contributed by atoms with Crippen molar-refractivity contribution in [3.8, 4) is 0 Å². The highest BCUT2D eigenvalue weighted by atomic mass is 19.1. The molecule has 3 atom stereocenters. The third-order valence-electron chi connectivity index (χ3n) is 6.69. The average Bonchev–Trinajstić information content (AvgIpc) is 2.79. The molecule has 36 heavy (non-hydrogen) atoms. The van der Waals surface area contributed by atoms with Crippen molar-refractivity contribution in [3.63, 3.8) is 0 Å². The third kappa shape index (κ3) is 6.21. The molecule has 0 radical (unpaired) electrons. The van der Waals surface area contributed by atoms with E-state index in [1.807, 2.05) is 24.3 Å². The quantitative estimate of drug-likeness (QED) is 0.503. The van der Waals surface area contributed by atoms with E-state index in [9.17, 15) is 19.1 Å². The largest absolute Gasteiger partial charge is 0.458 e. The number of hydrogen-bond acceptors (Lipinski definition) is 5. The Bertz CT molecular complexity index is 1190. The van der Waals surface area contributed by atoms with Gasteiger partial charge in [-0.2, -0.15) is 0 Å². The molecule has 1 aliphatic carbocycles. The first kappa shape index (κ1) is 25.6. The Morgan fingerprint density at radius 3 is 2.64 bits per heavy atom. The van der Waals surface area contributed by atoms with Gasteiger partial charge in [0.15, 0.2) is 0 Å². The van der Waals surface area contributed by atoms with Crippen LogP contribution in [0.25, 0.3) is 5.57 Å². The Hall–Kier alpha value is -3.45. The summed E-state index contributed by atoms with van der Waals surface area (Å²) in [7, 11) is 0. The van der Waals surface area contributed by atoms with Crippen LogP contribution in [0, 0.1) is 18.2 Å². The summed E-state index contributed by atoms with van der Waals surface area (Å²) in [5.41, 5.74) is 3.55. The number of carbonyl (C=O) groups is 2. The molecular weight excluding hydrogens is 461 g/mol. The fourth-order valence-corrected chi connectivity index (χ4v) is 4.96. The first-order valence-electron chi connectivity index (χ1n) is 12.2. The molecule has 0 saturated carbocycles. The second-order valence-corrected chi connectivity index (χ2v) is 10.1. The van der Waals surface area contributed by atoms with Gasteiger partial charge in [-0.05, 0) is 71.4 Å². The molecule has 0 spiro atoms. The Balaban J connectivity index is 1.63. The van der Waals surface area contributed by atoms with Crippen molar-refractivity contribution >= 4 is 23.3 Å². The van der Waals surface area contributed by atoms with Crippen LogP contribution in [0.15, 0.2) is 66.3 Å². The fraction of sp³-hybridized carbons (Fsp3) is 0.379. The van der Waals surface area contributed by atoms with Gasteiger partial charge in [0.1, 0.15) is 18.0 Å². The number of ether oxygens (including phenoxy) is 2. The van der Waals surface area contributed by atoms with Crippen molar-refractivity contribution in [2.75, 3.05) is 5.32 Å². The summed E-state index contributed by atoms with van der Waals surface area (Å²) in [5.74, 6) is -0.711. The van der Waals surface area contributed by atoms with Crippen LogP contribution in [0.1, 0.15) is 50.7 Å². The fourth-order valence-electron chi connectivity index (χ4n) is 4.96. The number of benzene rings is 2. The molecular formula is C29H32FNO5. The third-order valence-corrected chi connectivity index (χ3v) is 6.69. The minimum Gasteiger partial charge on any atom is -0.458 e. The maximum absolute atomic E-state index is 14.1. The number of aryl methyl sites for hydroxylation is 1. The van der Waals surface area contributed by atoms with Crippen molar-refractivity contribution in [1.82, 2.24) is 0 Å². The number of esters is 1. The van der Waals surface area contributed by atoms with Crippen molar-refractivity contribution in [3.05, 3.63) is 83.2 Å². The normalized spacial score (nSPS) is 23.9. The molecule has 2 aromatic carbocycles. The monoisotopic (exact) mass is 493 g/mol. The standard InChI is InChI=1S/C29H32FNO5/c1-18-13-19(9-12-26(18)30)24-16-23(36-28(34)31-20-7-5-4-6-8-20)17-29(2,3)25(24)11-10-22-14-21(32)15-27(33)35-22/h4-13,21-23,32H,14-17H2,1-3H3,(H,31,34)/b11-10+/t21-,22-,23?/m1/s1. The van der Waals surface area contributed by atoms with E-state index in [-0.39, 0.29) is 12.2 Å². The Kier molecular flexibility index (Phi) is 7.59. The lowest BCUT2D eigenvalue weighted by Gasteiger charge is -2.38. The van der Waals surface area contributed by atoms with E-state index >= 15 is 0 Å². The smallest absolute Gasteiger partial charge is 0.411 e. The first-order chi connectivity index (χ1) is 17.1. The number of allylic oxidation sites excluding steroid dienone is 2. The van der Waals surface area contributed by atoms with E-state index in [2.05, 4.69) is 19.2 Å². The molecule has 2 N–H and O–H groups in total. The lowest BCUT2D eigenvalue weighted by Crippen LogP contribution is -2.34. The molecule has 0 aromatic heterocycles. The molecule has 2 aromatic rings. The highest BCUT2D eigenvalue weighted by Crippen LogP contribution is 2.46. The van der Waals surface area contributed by atoms with Gasteiger partial charge in [-0.3, -0.25) is 10.1 Å². The van der Waals surface area contributed by atoms with Crippen molar-refractivity contribution in [1.29, 1.82) is 0 Å². The number of rotatable bonds is 5. The van der Waals surface area contributed by atoms with E-state index in [0.717, 1.165) is 16.7 Å². The number of nitrogens with one attached hydrogen (secondary N) is 1. The Morgan fingerprint density at radius 1 is 1.19 bits per heavy atom. The highest BCUT2D eigenvalue weighted by molar-refractivity contribution is 5.85. The van der Waals surface area contributed by atoms with Gasteiger partial charge in [0.2, 0.25) is 0 Å². The number of hydrogen-bond donors (Lipinski definition) is 2. The van der Waals surface area contributed by atoms with Gasteiger partial charge in [0.05, 0.1) is 12.5 Å². The predicted octanol–water partition coefficient (Wildman–Crippen LogP) is 5.95. The predicted molar refractivity (Wildman–Crippen MR) is 136 cm³/mol. The number of halogens is 1. The van der Waals surface area contributed by atoms with Crippen LogP contribution in [0.3, 0.4) is 0 Å². The van der Waals surface area contributed by atoms with Gasteiger partial charge in [-0.1, -0.05) is 44.2 Å². The molecule has 1 unspecified atom stereocenters. The molecule has 1 heterocycles. The highest BCUT2D eigenvalue weighted by Gasteiger charge is 2.37. The summed E-state index contributed by atoms with van der Waals surface area (Å²) in [6.07, 6.45) is 2.93. The van der Waals surface area contributed by atoms with Crippen molar-refractivity contribution in [2.45, 2.75) is 64.8 Å². The molecule has 4 rings (SSSR count). The summed E-state index contributed by atoms with van der Waals surface area (Å²) in [6.45, 7) is 5.85. The van der Waals surface area contributed by atoms with E-state index in [0.29, 0.717) is 30.5 Å². The van der Waals surface area contributed by atoms with E-state index in [1.54, 1.807) is 37.3 Å². The Morgan fingerprint density at radius 2 is 1.94 bits per heavy atom. The number of para-hydroxylation sites is 1. The van der Waals surface area contributed by atoms with E-state index in [1.165, 1.54) is 6.07 Å². The number of anilines is 1. The zero-order chi connectivity index (χ0) is 25.9. The first-order valence-corrected chi connectivity index (χ1v) is 12.2. The molecule has 2 aliphatic rings. The van der Waals surface area contributed by atoms with E-state index in [4.69, 9.17) is 9.47 Å².